The average molecular weight is 467 g/mol. The van der Waals surface area contributed by atoms with Gasteiger partial charge in [-0.1, -0.05) is 15.9 Å². The van der Waals surface area contributed by atoms with Crippen molar-refractivity contribution < 1.29 is 18.0 Å². The van der Waals surface area contributed by atoms with Crippen LogP contribution in [0.25, 0.3) is 16.7 Å². The lowest BCUT2D eigenvalue weighted by atomic mass is 10.2. The van der Waals surface area contributed by atoms with E-state index in [1.54, 1.807) is 24.5 Å². The third kappa shape index (κ3) is 4.72. The minimum atomic E-state index is -4.22. The Morgan fingerprint density at radius 2 is 1.93 bits per heavy atom. The summed E-state index contributed by atoms with van der Waals surface area (Å²) in [5, 5.41) is 5.77. The number of hydrogen-bond acceptors (Lipinski definition) is 3. The summed E-state index contributed by atoms with van der Waals surface area (Å²) >= 11 is 3.41. The molecule has 1 heterocycles. The number of anilines is 1. The van der Waals surface area contributed by atoms with E-state index in [0.717, 1.165) is 28.5 Å². The normalized spacial score (nSPS) is 14.2. The molecule has 152 valence electrons. The van der Waals surface area contributed by atoms with Crippen LogP contribution in [0.3, 0.4) is 0 Å². The fourth-order valence-corrected chi connectivity index (χ4v) is 3.48. The molecule has 9 heteroatoms. The maximum Gasteiger partial charge on any atom is 0.390 e. The van der Waals surface area contributed by atoms with Crippen LogP contribution < -0.4 is 10.6 Å². The lowest BCUT2D eigenvalue weighted by Gasteiger charge is -2.11. The first kappa shape index (κ1) is 19.8. The largest absolute Gasteiger partial charge is 0.390 e. The number of nitrogens with one attached hydrogen (secondary N) is 2. The molecule has 0 unspecified atom stereocenters. The molecule has 1 aliphatic rings. The Morgan fingerprint density at radius 1 is 1.21 bits per heavy atom. The summed E-state index contributed by atoms with van der Waals surface area (Å²) in [7, 11) is 0. The molecule has 4 rings (SSSR count). The van der Waals surface area contributed by atoms with E-state index in [4.69, 9.17) is 0 Å². The third-order valence-corrected chi connectivity index (χ3v) is 5.12. The van der Waals surface area contributed by atoms with Gasteiger partial charge in [0.1, 0.15) is 11.8 Å². The number of imidazole rings is 1. The molecule has 1 amide bonds. The van der Waals surface area contributed by atoms with E-state index in [0.29, 0.717) is 22.8 Å². The lowest BCUT2D eigenvalue weighted by Crippen LogP contribution is -2.25. The van der Waals surface area contributed by atoms with Gasteiger partial charge in [-0.05, 0) is 49.2 Å². The summed E-state index contributed by atoms with van der Waals surface area (Å²) in [6.45, 7) is -0.229. The zero-order valence-electron chi connectivity index (χ0n) is 15.3. The molecule has 3 aromatic rings. The molecule has 1 aliphatic carbocycles. The van der Waals surface area contributed by atoms with Crippen LogP contribution in [0.1, 0.15) is 29.6 Å². The fraction of sp³-hybridized carbons (Fsp3) is 0.300. The number of carbonyl (C=O) groups excluding carboxylic acids is 1. The van der Waals surface area contributed by atoms with Gasteiger partial charge in [0.25, 0.3) is 5.91 Å². The highest BCUT2D eigenvalue weighted by Crippen LogP contribution is 2.30. The minimum Gasteiger partial charge on any atom is -0.383 e. The number of nitrogens with zero attached hydrogens (tertiary/aromatic N) is 2. The number of halogens is 4. The first-order chi connectivity index (χ1) is 13.8. The highest BCUT2D eigenvalue weighted by molar-refractivity contribution is 9.10. The van der Waals surface area contributed by atoms with Gasteiger partial charge in [-0.3, -0.25) is 9.36 Å². The first-order valence-corrected chi connectivity index (χ1v) is 9.98. The van der Waals surface area contributed by atoms with Crippen molar-refractivity contribution in [3.05, 3.63) is 52.8 Å². The second kappa shape index (κ2) is 7.70. The molecule has 5 nitrogen and oxygen atoms in total. The third-order valence-electron chi connectivity index (χ3n) is 4.66. The van der Waals surface area contributed by atoms with Crippen LogP contribution >= 0.6 is 15.9 Å². The maximum atomic E-state index is 12.4. The number of carbonyl (C=O) groups is 1. The van der Waals surface area contributed by atoms with Crippen molar-refractivity contribution in [3.8, 4) is 5.69 Å². The molecule has 0 aliphatic heterocycles. The SMILES string of the molecule is O=C(NC1CC1)c1ccc(-n2cnc3c(NCCC(F)(F)F)cc(Br)cc32)cc1. The molecule has 1 aromatic heterocycles. The Bertz CT molecular complexity index is 1040. The Balaban J connectivity index is 1.58. The van der Waals surface area contributed by atoms with Gasteiger partial charge in [-0.2, -0.15) is 13.2 Å². The number of amides is 1. The van der Waals surface area contributed by atoms with Crippen molar-refractivity contribution in [2.75, 3.05) is 11.9 Å². The zero-order valence-corrected chi connectivity index (χ0v) is 16.8. The van der Waals surface area contributed by atoms with Crippen molar-refractivity contribution in [2.24, 2.45) is 0 Å². The number of aromatic nitrogens is 2. The molecule has 0 bridgehead atoms. The molecule has 0 saturated heterocycles. The van der Waals surface area contributed by atoms with Crippen molar-refractivity contribution in [1.29, 1.82) is 0 Å². The second-order valence-corrected chi connectivity index (χ2v) is 7.94. The van der Waals surface area contributed by atoms with Gasteiger partial charge < -0.3 is 10.6 Å². The van der Waals surface area contributed by atoms with Crippen molar-refractivity contribution in [2.45, 2.75) is 31.5 Å². The molecule has 1 saturated carbocycles. The molecule has 2 N–H and O–H groups in total. The first-order valence-electron chi connectivity index (χ1n) is 9.19. The highest BCUT2D eigenvalue weighted by atomic mass is 79.9. The number of benzene rings is 2. The minimum absolute atomic E-state index is 0.0894. The predicted octanol–water partition coefficient (Wildman–Crippen LogP) is 5.04. The molecule has 0 spiro atoms. The van der Waals surface area contributed by atoms with E-state index in [1.165, 1.54) is 0 Å². The molecule has 0 radical (unpaired) electrons. The second-order valence-electron chi connectivity index (χ2n) is 7.02. The molecule has 1 fully saturated rings. The zero-order chi connectivity index (χ0) is 20.6. The average Bonchev–Trinajstić information content (AvgIpc) is 3.37. The number of fused-ring (bicyclic) bond motifs is 1. The quantitative estimate of drug-likeness (QED) is 0.534. The Morgan fingerprint density at radius 3 is 2.59 bits per heavy atom. The number of rotatable bonds is 6. The van der Waals surface area contributed by atoms with E-state index >= 15 is 0 Å². The summed E-state index contributed by atoms with van der Waals surface area (Å²) in [5.41, 5.74) is 3.23. The van der Waals surface area contributed by atoms with Gasteiger partial charge in [0.15, 0.2) is 0 Å². The van der Waals surface area contributed by atoms with Crippen LogP contribution in [0.2, 0.25) is 0 Å². The van der Waals surface area contributed by atoms with Gasteiger partial charge in [0.05, 0.1) is 17.6 Å². The van der Waals surface area contributed by atoms with Crippen LogP contribution in [0, 0.1) is 0 Å². The Hall–Kier alpha value is -2.55. The van der Waals surface area contributed by atoms with Gasteiger partial charge in [0, 0.05) is 28.3 Å². The van der Waals surface area contributed by atoms with Gasteiger partial charge >= 0.3 is 6.18 Å². The van der Waals surface area contributed by atoms with Crippen LogP contribution in [-0.2, 0) is 0 Å². The monoisotopic (exact) mass is 466 g/mol. The van der Waals surface area contributed by atoms with E-state index in [1.807, 2.05) is 22.8 Å². The smallest absolute Gasteiger partial charge is 0.383 e. The van der Waals surface area contributed by atoms with E-state index in [2.05, 4.69) is 31.5 Å². The van der Waals surface area contributed by atoms with E-state index in [-0.39, 0.29) is 12.5 Å². The summed E-state index contributed by atoms with van der Waals surface area (Å²) in [4.78, 5) is 16.5. The molecule has 29 heavy (non-hydrogen) atoms. The van der Waals surface area contributed by atoms with E-state index in [9.17, 15) is 18.0 Å². The number of hydrogen-bond donors (Lipinski definition) is 2. The van der Waals surface area contributed by atoms with Crippen LogP contribution in [0.15, 0.2) is 47.2 Å². The summed E-state index contributed by atoms with van der Waals surface area (Å²) in [5.74, 6) is -0.0894. The lowest BCUT2D eigenvalue weighted by molar-refractivity contribution is -0.131. The highest BCUT2D eigenvalue weighted by Gasteiger charge is 2.26. The van der Waals surface area contributed by atoms with Gasteiger partial charge in [-0.15, -0.1) is 0 Å². The van der Waals surface area contributed by atoms with Crippen LogP contribution in [-0.4, -0.2) is 34.2 Å². The molecular formula is C20H18BrF3N4O. The number of alkyl halides is 3. The summed E-state index contributed by atoms with van der Waals surface area (Å²) in [6, 6.07) is 11.0. The maximum absolute atomic E-state index is 12.4. The van der Waals surface area contributed by atoms with Crippen molar-refractivity contribution in [3.63, 3.8) is 0 Å². The topological polar surface area (TPSA) is 59.0 Å². The summed E-state index contributed by atoms with van der Waals surface area (Å²) in [6.07, 6.45) is -1.47. The molecule has 0 atom stereocenters. The van der Waals surface area contributed by atoms with Gasteiger partial charge in [0.2, 0.25) is 0 Å². The Labute approximate surface area is 173 Å². The standard InChI is InChI=1S/C20H18BrF3N4O/c21-13-9-16(25-8-7-20(22,23)24)18-17(10-13)28(11-26-18)15-5-1-12(2-6-15)19(29)27-14-3-4-14/h1-2,5-6,9-11,14,25H,3-4,7-8H2,(H,27,29). The van der Waals surface area contributed by atoms with Crippen LogP contribution in [0.4, 0.5) is 18.9 Å². The predicted molar refractivity (Wildman–Crippen MR) is 108 cm³/mol. The fourth-order valence-electron chi connectivity index (χ4n) is 3.03. The van der Waals surface area contributed by atoms with Gasteiger partial charge in [-0.25, -0.2) is 4.98 Å². The van der Waals surface area contributed by atoms with Crippen molar-refractivity contribution in [1.82, 2.24) is 14.9 Å². The van der Waals surface area contributed by atoms with Crippen LogP contribution in [0.5, 0.6) is 0 Å². The molecule has 2 aromatic carbocycles. The summed E-state index contributed by atoms with van der Waals surface area (Å²) < 4.78 is 39.9. The molecular weight excluding hydrogens is 449 g/mol. The van der Waals surface area contributed by atoms with E-state index < -0.39 is 12.6 Å². The van der Waals surface area contributed by atoms with Crippen molar-refractivity contribution >= 4 is 38.6 Å². The Kier molecular flexibility index (Phi) is 5.24.